The van der Waals surface area contributed by atoms with Crippen LogP contribution in [0.1, 0.15) is 55.4 Å². The summed E-state index contributed by atoms with van der Waals surface area (Å²) >= 11 is 0. The Morgan fingerprint density at radius 2 is 1.64 bits per heavy atom. The van der Waals surface area contributed by atoms with E-state index in [4.69, 9.17) is 4.74 Å². The number of benzene rings is 1. The Morgan fingerprint density at radius 3 is 2.09 bits per heavy atom. The number of esters is 1. The van der Waals surface area contributed by atoms with Gasteiger partial charge in [-0.3, -0.25) is 9.59 Å². The zero-order valence-electron chi connectivity index (χ0n) is 14.7. The van der Waals surface area contributed by atoms with Crippen LogP contribution in [0.15, 0.2) is 12.1 Å². The van der Waals surface area contributed by atoms with Gasteiger partial charge in [0.2, 0.25) is 0 Å². The maximum Gasteiger partial charge on any atom is 0.306 e. The van der Waals surface area contributed by atoms with Gasteiger partial charge in [0.05, 0.1) is 13.5 Å². The van der Waals surface area contributed by atoms with Gasteiger partial charge < -0.3 is 4.74 Å². The molecule has 1 rings (SSSR count). The second kappa shape index (κ2) is 7.57. The minimum Gasteiger partial charge on any atom is -0.469 e. The van der Waals surface area contributed by atoms with E-state index in [9.17, 15) is 9.59 Å². The van der Waals surface area contributed by atoms with Crippen LogP contribution in [0, 0.1) is 26.2 Å². The van der Waals surface area contributed by atoms with E-state index in [2.05, 4.69) is 32.9 Å². The Hall–Kier alpha value is -1.64. The minimum absolute atomic E-state index is 0.184. The second-order valence-electron chi connectivity index (χ2n) is 6.69. The van der Waals surface area contributed by atoms with Crippen molar-refractivity contribution in [2.24, 2.45) is 5.41 Å². The zero-order valence-corrected chi connectivity index (χ0v) is 14.7. The van der Waals surface area contributed by atoms with Gasteiger partial charge >= 0.3 is 5.97 Å². The molecular formula is C19H28O3. The molecule has 0 fully saturated rings. The zero-order chi connectivity index (χ0) is 16.9. The molecule has 1 aromatic carbocycles. The molecule has 122 valence electrons. The molecule has 3 nitrogen and oxygen atoms in total. The van der Waals surface area contributed by atoms with E-state index < -0.39 is 0 Å². The lowest BCUT2D eigenvalue weighted by Gasteiger charge is -2.26. The van der Waals surface area contributed by atoms with Crippen LogP contribution < -0.4 is 0 Å². The summed E-state index contributed by atoms with van der Waals surface area (Å²) in [7, 11) is 1.39. The summed E-state index contributed by atoms with van der Waals surface area (Å²) in [5.41, 5.74) is 4.34. The van der Waals surface area contributed by atoms with Gasteiger partial charge in [-0.25, -0.2) is 0 Å². The molecule has 0 spiro atoms. The first-order valence-electron chi connectivity index (χ1n) is 7.86. The number of ether oxygens (including phenoxy) is 1. The van der Waals surface area contributed by atoms with Crippen LogP contribution in [0.25, 0.3) is 0 Å². The minimum atomic E-state index is -0.323. The average molecular weight is 304 g/mol. The third-order valence-electron chi connectivity index (χ3n) is 4.49. The molecule has 0 radical (unpaired) electrons. The summed E-state index contributed by atoms with van der Waals surface area (Å²) in [4.78, 5) is 24.0. The first-order chi connectivity index (χ1) is 10.2. The van der Waals surface area contributed by atoms with Gasteiger partial charge in [-0.15, -0.1) is 0 Å². The highest BCUT2D eigenvalue weighted by Gasteiger charge is 2.29. The van der Waals surface area contributed by atoms with Crippen LogP contribution in [0.4, 0.5) is 0 Å². The van der Waals surface area contributed by atoms with Gasteiger partial charge in [-0.1, -0.05) is 31.5 Å². The molecular weight excluding hydrogens is 276 g/mol. The van der Waals surface area contributed by atoms with Crippen LogP contribution in [-0.2, 0) is 20.7 Å². The van der Waals surface area contributed by atoms with Crippen molar-refractivity contribution in [1.82, 2.24) is 0 Å². The van der Waals surface area contributed by atoms with Crippen LogP contribution in [0.5, 0.6) is 0 Å². The van der Waals surface area contributed by atoms with Crippen molar-refractivity contribution in [1.29, 1.82) is 0 Å². The molecule has 1 aromatic rings. The van der Waals surface area contributed by atoms with Gasteiger partial charge in [-0.05, 0) is 49.3 Å². The van der Waals surface area contributed by atoms with Crippen molar-refractivity contribution >= 4 is 11.8 Å². The lowest BCUT2D eigenvalue weighted by Crippen LogP contribution is -2.25. The summed E-state index contributed by atoms with van der Waals surface area (Å²) in [6.07, 6.45) is 1.91. The summed E-state index contributed by atoms with van der Waals surface area (Å²) in [5, 5.41) is 0. The summed E-state index contributed by atoms with van der Waals surface area (Å²) < 4.78 is 4.75. The summed E-state index contributed by atoms with van der Waals surface area (Å²) in [6, 6.07) is 4.23. The SMILES string of the molecule is CCC(C)(CC(=O)Cc1c(C)cc(C)cc1C)CC(=O)OC. The number of hydrogen-bond donors (Lipinski definition) is 0. The highest BCUT2D eigenvalue weighted by Crippen LogP contribution is 2.31. The second-order valence-corrected chi connectivity index (χ2v) is 6.69. The highest BCUT2D eigenvalue weighted by atomic mass is 16.5. The molecule has 0 N–H and O–H groups in total. The van der Waals surface area contributed by atoms with Crippen molar-refractivity contribution in [3.63, 3.8) is 0 Å². The lowest BCUT2D eigenvalue weighted by atomic mass is 9.78. The fourth-order valence-electron chi connectivity index (χ4n) is 2.96. The van der Waals surface area contributed by atoms with Crippen molar-refractivity contribution in [2.45, 2.75) is 60.3 Å². The first-order valence-corrected chi connectivity index (χ1v) is 7.86. The smallest absolute Gasteiger partial charge is 0.306 e. The summed E-state index contributed by atoms with van der Waals surface area (Å²) in [5.74, 6) is -0.0665. The Morgan fingerprint density at radius 1 is 1.09 bits per heavy atom. The molecule has 3 heteroatoms. The third kappa shape index (κ3) is 4.97. The number of methoxy groups -OCH3 is 1. The van der Waals surface area contributed by atoms with Crippen LogP contribution in [0.2, 0.25) is 0 Å². The largest absolute Gasteiger partial charge is 0.469 e. The molecule has 0 bridgehead atoms. The monoisotopic (exact) mass is 304 g/mol. The highest BCUT2D eigenvalue weighted by molar-refractivity contribution is 5.83. The van der Waals surface area contributed by atoms with Crippen molar-refractivity contribution in [3.8, 4) is 0 Å². The number of ketones is 1. The predicted molar refractivity (Wildman–Crippen MR) is 89.0 cm³/mol. The van der Waals surface area contributed by atoms with E-state index in [1.807, 2.05) is 13.8 Å². The maximum absolute atomic E-state index is 12.5. The van der Waals surface area contributed by atoms with E-state index in [0.717, 1.165) is 23.1 Å². The molecule has 0 aliphatic rings. The van der Waals surface area contributed by atoms with E-state index in [1.165, 1.54) is 12.7 Å². The summed E-state index contributed by atoms with van der Waals surface area (Å²) in [6.45, 7) is 10.2. The topological polar surface area (TPSA) is 43.4 Å². The van der Waals surface area contributed by atoms with Gasteiger partial charge in [0.1, 0.15) is 5.78 Å². The molecule has 0 amide bonds. The molecule has 0 aliphatic heterocycles. The van der Waals surface area contributed by atoms with Gasteiger partial charge in [0, 0.05) is 12.8 Å². The number of carbonyl (C=O) groups excluding carboxylic acids is 2. The Labute approximate surface area is 134 Å². The Balaban J connectivity index is 2.83. The maximum atomic E-state index is 12.5. The third-order valence-corrected chi connectivity index (χ3v) is 4.49. The molecule has 0 aliphatic carbocycles. The van der Waals surface area contributed by atoms with Gasteiger partial charge in [0.15, 0.2) is 0 Å². The quantitative estimate of drug-likeness (QED) is 0.712. The predicted octanol–water partition coefficient (Wildman–Crippen LogP) is 4.09. The van der Waals surface area contributed by atoms with Crippen LogP contribution >= 0.6 is 0 Å². The van der Waals surface area contributed by atoms with E-state index in [-0.39, 0.29) is 23.6 Å². The standard InChI is InChI=1S/C19H28O3/c1-7-19(5,12-18(21)22-6)11-16(20)10-17-14(3)8-13(2)9-15(17)4/h8-9H,7,10-12H2,1-6H3. The lowest BCUT2D eigenvalue weighted by molar-refractivity contribution is -0.143. The fraction of sp³-hybridized carbons (Fsp3) is 0.579. The average Bonchev–Trinajstić information content (AvgIpc) is 2.42. The normalized spacial score (nSPS) is 13.5. The number of hydrogen-bond acceptors (Lipinski definition) is 3. The van der Waals surface area contributed by atoms with Crippen LogP contribution in [-0.4, -0.2) is 18.9 Å². The Bertz CT molecular complexity index is 537. The van der Waals surface area contributed by atoms with Gasteiger partial charge in [0.25, 0.3) is 0 Å². The molecule has 0 aromatic heterocycles. The van der Waals surface area contributed by atoms with Crippen molar-refractivity contribution < 1.29 is 14.3 Å². The first kappa shape index (κ1) is 18.4. The molecule has 1 atom stereocenters. The van der Waals surface area contributed by atoms with Crippen LogP contribution in [0.3, 0.4) is 0 Å². The number of carbonyl (C=O) groups is 2. The number of rotatable bonds is 7. The van der Waals surface area contributed by atoms with Gasteiger partial charge in [-0.2, -0.15) is 0 Å². The molecule has 0 saturated heterocycles. The van der Waals surface area contributed by atoms with E-state index in [1.54, 1.807) is 0 Å². The van der Waals surface area contributed by atoms with Crippen molar-refractivity contribution in [3.05, 3.63) is 34.4 Å². The molecule has 1 unspecified atom stereocenters. The number of aryl methyl sites for hydroxylation is 3. The van der Waals surface area contributed by atoms with E-state index in [0.29, 0.717) is 12.8 Å². The fourth-order valence-corrected chi connectivity index (χ4v) is 2.96. The Kier molecular flexibility index (Phi) is 6.34. The van der Waals surface area contributed by atoms with Crippen molar-refractivity contribution in [2.75, 3.05) is 7.11 Å². The molecule has 0 heterocycles. The molecule has 0 saturated carbocycles. The molecule has 22 heavy (non-hydrogen) atoms. The van der Waals surface area contributed by atoms with E-state index >= 15 is 0 Å². The number of Topliss-reactive ketones (excluding diaryl/α,β-unsaturated/α-hetero) is 1.